The highest BCUT2D eigenvalue weighted by Crippen LogP contribution is 2.27. The van der Waals surface area contributed by atoms with Gasteiger partial charge < -0.3 is 10.6 Å². The molecular weight excluding hydrogens is 300 g/mol. The molecule has 1 heterocycles. The number of amides is 1. The monoisotopic (exact) mass is 324 g/mol. The number of anilines is 1. The third-order valence-electron chi connectivity index (χ3n) is 3.98. The van der Waals surface area contributed by atoms with Crippen LogP contribution in [0, 0.1) is 6.92 Å². The first-order chi connectivity index (χ1) is 10.3. The van der Waals surface area contributed by atoms with Gasteiger partial charge in [0.2, 0.25) is 5.91 Å². The molecule has 1 saturated heterocycles. The van der Waals surface area contributed by atoms with Crippen molar-refractivity contribution in [3.63, 3.8) is 0 Å². The minimum atomic E-state index is -2.92. The Hall–Kier alpha value is -1.40. The lowest BCUT2D eigenvalue weighted by Crippen LogP contribution is -2.37. The van der Waals surface area contributed by atoms with Gasteiger partial charge in [0.05, 0.1) is 18.1 Å². The second-order valence-electron chi connectivity index (χ2n) is 6.22. The van der Waals surface area contributed by atoms with Crippen molar-refractivity contribution >= 4 is 21.4 Å². The van der Waals surface area contributed by atoms with Crippen molar-refractivity contribution < 1.29 is 13.2 Å². The Kier molecular flexibility index (Phi) is 5.24. The van der Waals surface area contributed by atoms with Gasteiger partial charge >= 0.3 is 0 Å². The van der Waals surface area contributed by atoms with E-state index in [9.17, 15) is 13.2 Å². The molecule has 0 bridgehead atoms. The highest BCUT2D eigenvalue weighted by molar-refractivity contribution is 7.91. The summed E-state index contributed by atoms with van der Waals surface area (Å²) in [6.45, 7) is 6.28. The summed E-state index contributed by atoms with van der Waals surface area (Å²) in [7, 11) is -2.92. The lowest BCUT2D eigenvalue weighted by Gasteiger charge is -2.17. The first-order valence-electron chi connectivity index (χ1n) is 7.61. The van der Waals surface area contributed by atoms with Crippen molar-refractivity contribution in [3.8, 4) is 0 Å². The summed E-state index contributed by atoms with van der Waals surface area (Å²) in [6.07, 6.45) is 0.581. The summed E-state index contributed by atoms with van der Waals surface area (Å²) < 4.78 is 22.8. The molecule has 2 rings (SSSR count). The number of carbonyl (C=O) groups excluding carboxylic acids is 1. The number of para-hydroxylation sites is 1. The van der Waals surface area contributed by atoms with Gasteiger partial charge in [-0.15, -0.1) is 0 Å². The number of rotatable bonds is 5. The summed E-state index contributed by atoms with van der Waals surface area (Å²) in [6, 6.07) is 5.86. The molecular formula is C16H24N2O3S. The van der Waals surface area contributed by atoms with Crippen LogP contribution in [0.1, 0.15) is 37.3 Å². The van der Waals surface area contributed by atoms with Crippen molar-refractivity contribution in [2.45, 2.75) is 39.2 Å². The molecule has 2 N–H and O–H groups in total. The highest BCUT2D eigenvalue weighted by Gasteiger charge is 2.27. The zero-order chi connectivity index (χ0) is 16.3. The van der Waals surface area contributed by atoms with Crippen LogP contribution in [0.2, 0.25) is 0 Å². The van der Waals surface area contributed by atoms with Gasteiger partial charge in [-0.3, -0.25) is 4.79 Å². The first kappa shape index (κ1) is 17.0. The molecule has 1 aliphatic rings. The number of hydrogen-bond acceptors (Lipinski definition) is 4. The minimum absolute atomic E-state index is 0.114. The van der Waals surface area contributed by atoms with Gasteiger partial charge in [0.25, 0.3) is 0 Å². The molecule has 0 radical (unpaired) electrons. The van der Waals surface area contributed by atoms with E-state index in [1.165, 1.54) is 0 Å². The molecule has 1 atom stereocenters. The molecule has 0 aliphatic carbocycles. The van der Waals surface area contributed by atoms with Crippen LogP contribution in [0.4, 0.5) is 5.69 Å². The van der Waals surface area contributed by atoms with E-state index in [0.29, 0.717) is 12.3 Å². The fraction of sp³-hybridized carbons (Fsp3) is 0.562. The third kappa shape index (κ3) is 4.30. The summed E-state index contributed by atoms with van der Waals surface area (Å²) in [5.74, 6) is 0.521. The number of sulfone groups is 1. The predicted octanol–water partition coefficient (Wildman–Crippen LogP) is 1.83. The molecule has 5 nitrogen and oxygen atoms in total. The Morgan fingerprint density at radius 3 is 2.68 bits per heavy atom. The normalized spacial score (nSPS) is 20.3. The maximum atomic E-state index is 12.1. The average molecular weight is 324 g/mol. The molecule has 1 amide bonds. The largest absolute Gasteiger partial charge is 0.324 e. The van der Waals surface area contributed by atoms with Crippen molar-refractivity contribution in [1.82, 2.24) is 5.32 Å². The van der Waals surface area contributed by atoms with Gasteiger partial charge in [-0.2, -0.15) is 0 Å². The predicted molar refractivity (Wildman–Crippen MR) is 89.0 cm³/mol. The van der Waals surface area contributed by atoms with E-state index < -0.39 is 9.84 Å². The van der Waals surface area contributed by atoms with Gasteiger partial charge in [0, 0.05) is 11.7 Å². The first-order valence-corrected chi connectivity index (χ1v) is 9.44. The van der Waals surface area contributed by atoms with Crippen LogP contribution in [-0.2, 0) is 14.6 Å². The van der Waals surface area contributed by atoms with Crippen LogP contribution < -0.4 is 10.6 Å². The number of nitrogens with one attached hydrogen (secondary N) is 2. The molecule has 1 unspecified atom stereocenters. The maximum Gasteiger partial charge on any atom is 0.238 e. The zero-order valence-electron chi connectivity index (χ0n) is 13.3. The second-order valence-corrected chi connectivity index (χ2v) is 8.45. The molecule has 1 aromatic carbocycles. The molecule has 0 spiro atoms. The van der Waals surface area contributed by atoms with E-state index in [2.05, 4.69) is 24.5 Å². The maximum absolute atomic E-state index is 12.1. The number of benzene rings is 1. The van der Waals surface area contributed by atoms with Gasteiger partial charge in [-0.25, -0.2) is 8.42 Å². The molecule has 1 aromatic rings. The van der Waals surface area contributed by atoms with Gasteiger partial charge in [-0.1, -0.05) is 32.0 Å². The molecule has 0 aromatic heterocycles. The van der Waals surface area contributed by atoms with Crippen LogP contribution in [0.15, 0.2) is 18.2 Å². The quantitative estimate of drug-likeness (QED) is 0.866. The second kappa shape index (κ2) is 6.79. The van der Waals surface area contributed by atoms with Crippen molar-refractivity contribution in [2.24, 2.45) is 0 Å². The van der Waals surface area contributed by atoms with E-state index in [4.69, 9.17) is 0 Å². The number of carbonyl (C=O) groups is 1. The Labute approximate surface area is 132 Å². The van der Waals surface area contributed by atoms with Crippen molar-refractivity contribution in [3.05, 3.63) is 29.3 Å². The van der Waals surface area contributed by atoms with Crippen LogP contribution in [0.5, 0.6) is 0 Å². The van der Waals surface area contributed by atoms with E-state index in [1.54, 1.807) is 0 Å². The van der Waals surface area contributed by atoms with Crippen LogP contribution in [0.25, 0.3) is 0 Å². The fourth-order valence-corrected chi connectivity index (χ4v) is 4.43. The molecule has 6 heteroatoms. The Morgan fingerprint density at radius 2 is 2.09 bits per heavy atom. The Balaban J connectivity index is 1.95. The lowest BCUT2D eigenvalue weighted by atomic mass is 9.98. The summed E-state index contributed by atoms with van der Waals surface area (Å²) in [5.41, 5.74) is 3.00. The van der Waals surface area contributed by atoms with Gasteiger partial charge in [0.15, 0.2) is 9.84 Å². The lowest BCUT2D eigenvalue weighted by molar-refractivity contribution is -0.115. The molecule has 1 fully saturated rings. The molecule has 0 saturated carbocycles. The Morgan fingerprint density at radius 1 is 1.36 bits per heavy atom. The summed E-state index contributed by atoms with van der Waals surface area (Å²) >= 11 is 0. The van der Waals surface area contributed by atoms with Gasteiger partial charge in [0.1, 0.15) is 0 Å². The summed E-state index contributed by atoms with van der Waals surface area (Å²) in [5, 5.41) is 5.99. The van der Waals surface area contributed by atoms with Crippen molar-refractivity contribution in [1.29, 1.82) is 0 Å². The van der Waals surface area contributed by atoms with E-state index in [0.717, 1.165) is 16.8 Å². The van der Waals surface area contributed by atoms with Crippen LogP contribution in [-0.4, -0.2) is 38.4 Å². The van der Waals surface area contributed by atoms with E-state index in [1.807, 2.05) is 25.1 Å². The van der Waals surface area contributed by atoms with Crippen LogP contribution >= 0.6 is 0 Å². The fourth-order valence-electron chi connectivity index (χ4n) is 2.72. The van der Waals surface area contributed by atoms with Crippen LogP contribution in [0.3, 0.4) is 0 Å². The smallest absolute Gasteiger partial charge is 0.238 e. The highest BCUT2D eigenvalue weighted by atomic mass is 32.2. The standard InChI is InChI=1S/C16H24N2O3S/c1-11(2)14-6-4-5-12(3)16(14)18-15(19)9-17-13-7-8-22(20,21)10-13/h4-6,11,13,17H,7-10H2,1-3H3,(H,18,19). The minimum Gasteiger partial charge on any atom is -0.324 e. The SMILES string of the molecule is Cc1cccc(C(C)C)c1NC(=O)CNC1CCS(=O)(=O)C1. The summed E-state index contributed by atoms with van der Waals surface area (Å²) in [4.78, 5) is 12.1. The average Bonchev–Trinajstić information content (AvgIpc) is 2.78. The Bertz CT molecular complexity index is 653. The van der Waals surface area contributed by atoms with Crippen molar-refractivity contribution in [2.75, 3.05) is 23.4 Å². The third-order valence-corrected chi connectivity index (χ3v) is 5.74. The molecule has 22 heavy (non-hydrogen) atoms. The topological polar surface area (TPSA) is 75.3 Å². The van der Waals surface area contributed by atoms with Gasteiger partial charge in [-0.05, 0) is 30.4 Å². The molecule has 1 aliphatic heterocycles. The zero-order valence-corrected chi connectivity index (χ0v) is 14.2. The number of aryl methyl sites for hydroxylation is 1. The van der Waals surface area contributed by atoms with E-state index >= 15 is 0 Å². The number of hydrogen-bond donors (Lipinski definition) is 2. The van der Waals surface area contributed by atoms with E-state index in [-0.39, 0.29) is 30.0 Å². The molecule has 122 valence electrons.